The van der Waals surface area contributed by atoms with Gasteiger partial charge in [-0.05, 0) is 24.9 Å². The van der Waals surface area contributed by atoms with Crippen LogP contribution in [-0.2, 0) is 6.42 Å². The maximum atomic E-state index is 5.62. The molecule has 3 nitrogen and oxygen atoms in total. The van der Waals surface area contributed by atoms with Crippen molar-refractivity contribution in [2.24, 2.45) is 0 Å². The Balaban J connectivity index is 2.89. The Labute approximate surface area is 70.9 Å². The molecule has 0 atom stereocenters. The highest BCUT2D eigenvalue weighted by Crippen LogP contribution is 2.02. The predicted octanol–water partition coefficient (Wildman–Crippen LogP) is 1.79. The molecule has 0 aliphatic heterocycles. The Kier molecular flexibility index (Phi) is 2.76. The third-order valence-electron chi connectivity index (χ3n) is 1.24. The van der Waals surface area contributed by atoms with Crippen molar-refractivity contribution in [1.29, 1.82) is 0 Å². The van der Waals surface area contributed by atoms with E-state index in [1.807, 2.05) is 6.92 Å². The molecule has 0 N–H and O–H groups in total. The smallest absolute Gasteiger partial charge is 0.218 e. The maximum Gasteiger partial charge on any atom is 0.225 e. The molecule has 0 fully saturated rings. The number of nitrogens with zero attached hydrogens (tertiary/aromatic N) is 3. The maximum absolute atomic E-state index is 5.62. The van der Waals surface area contributed by atoms with Gasteiger partial charge in [0.25, 0.3) is 0 Å². The van der Waals surface area contributed by atoms with Crippen LogP contribution in [0.15, 0.2) is 0 Å². The van der Waals surface area contributed by atoms with Crippen LogP contribution in [0, 0.1) is 6.92 Å². The van der Waals surface area contributed by atoms with Gasteiger partial charge in [-0.3, -0.25) is 0 Å². The van der Waals surface area contributed by atoms with Crippen LogP contribution >= 0.6 is 11.6 Å². The molecule has 1 aromatic rings. The average Bonchev–Trinajstić information content (AvgIpc) is 1.85. The number of hydrogen-bond donors (Lipinski definition) is 0. The zero-order valence-corrected chi connectivity index (χ0v) is 7.39. The normalized spacial score (nSPS) is 10.1. The number of hydrogen-bond acceptors (Lipinski definition) is 3. The molecule has 1 rings (SSSR count). The van der Waals surface area contributed by atoms with Crippen molar-refractivity contribution in [2.45, 2.75) is 26.7 Å². The first-order valence-electron chi connectivity index (χ1n) is 3.59. The summed E-state index contributed by atoms with van der Waals surface area (Å²) in [5.74, 6) is 1.47. The summed E-state index contributed by atoms with van der Waals surface area (Å²) in [6.45, 7) is 3.89. The average molecular weight is 172 g/mol. The molecule has 0 aliphatic carbocycles. The Hall–Kier alpha value is -0.700. The Morgan fingerprint density at radius 1 is 1.27 bits per heavy atom. The van der Waals surface area contributed by atoms with Crippen LogP contribution < -0.4 is 0 Å². The summed E-state index contributed by atoms with van der Waals surface area (Å²) in [6, 6.07) is 0. The van der Waals surface area contributed by atoms with E-state index in [0.717, 1.165) is 18.7 Å². The molecule has 0 bridgehead atoms. The summed E-state index contributed by atoms with van der Waals surface area (Å²) in [7, 11) is 0. The Morgan fingerprint density at radius 2 is 2.00 bits per heavy atom. The number of aryl methyl sites for hydroxylation is 2. The van der Waals surface area contributed by atoms with Crippen molar-refractivity contribution in [3.8, 4) is 0 Å². The number of aromatic nitrogens is 3. The van der Waals surface area contributed by atoms with Gasteiger partial charge >= 0.3 is 0 Å². The molecular weight excluding hydrogens is 162 g/mol. The summed E-state index contributed by atoms with van der Waals surface area (Å²) in [6.07, 6.45) is 1.89. The zero-order valence-electron chi connectivity index (χ0n) is 6.63. The highest BCUT2D eigenvalue weighted by atomic mass is 35.5. The van der Waals surface area contributed by atoms with Crippen LogP contribution in [-0.4, -0.2) is 15.0 Å². The zero-order chi connectivity index (χ0) is 8.27. The minimum Gasteiger partial charge on any atom is -0.218 e. The fraction of sp³-hybridized carbons (Fsp3) is 0.571. The molecule has 4 heteroatoms. The Morgan fingerprint density at radius 3 is 2.55 bits per heavy atom. The first-order chi connectivity index (χ1) is 5.22. The van der Waals surface area contributed by atoms with Crippen LogP contribution in [0.3, 0.4) is 0 Å². The van der Waals surface area contributed by atoms with E-state index >= 15 is 0 Å². The third-order valence-corrected chi connectivity index (χ3v) is 1.41. The lowest BCUT2D eigenvalue weighted by Crippen LogP contribution is -1.99. The fourth-order valence-electron chi connectivity index (χ4n) is 0.837. The van der Waals surface area contributed by atoms with E-state index in [1.165, 1.54) is 0 Å². The molecular formula is C7H10ClN3. The summed E-state index contributed by atoms with van der Waals surface area (Å²) < 4.78 is 0. The molecule has 0 radical (unpaired) electrons. The van der Waals surface area contributed by atoms with Crippen molar-refractivity contribution in [2.75, 3.05) is 0 Å². The molecule has 0 amide bonds. The van der Waals surface area contributed by atoms with Gasteiger partial charge in [0.15, 0.2) is 0 Å². The highest BCUT2D eigenvalue weighted by molar-refractivity contribution is 6.28. The molecule has 0 aliphatic rings. The first-order valence-corrected chi connectivity index (χ1v) is 3.97. The molecule has 0 aromatic carbocycles. The third kappa shape index (κ3) is 2.42. The van der Waals surface area contributed by atoms with Gasteiger partial charge in [-0.15, -0.1) is 0 Å². The van der Waals surface area contributed by atoms with Gasteiger partial charge in [0.1, 0.15) is 11.6 Å². The standard InChI is InChI=1S/C7H10ClN3/c1-3-4-6-9-5(2)10-7(8)11-6/h3-4H2,1-2H3. The quantitative estimate of drug-likeness (QED) is 0.681. The van der Waals surface area contributed by atoms with Gasteiger partial charge < -0.3 is 0 Å². The van der Waals surface area contributed by atoms with E-state index in [9.17, 15) is 0 Å². The SMILES string of the molecule is CCCc1nc(C)nc(Cl)n1. The van der Waals surface area contributed by atoms with E-state index in [-0.39, 0.29) is 0 Å². The minimum atomic E-state index is 0.293. The Bertz CT molecular complexity index is 229. The van der Waals surface area contributed by atoms with Gasteiger partial charge in [0.2, 0.25) is 5.28 Å². The molecule has 0 saturated carbocycles. The van der Waals surface area contributed by atoms with Crippen molar-refractivity contribution < 1.29 is 0 Å². The first kappa shape index (κ1) is 8.40. The van der Waals surface area contributed by atoms with Gasteiger partial charge in [-0.1, -0.05) is 6.92 Å². The second-order valence-electron chi connectivity index (χ2n) is 2.32. The fourth-order valence-corrected chi connectivity index (χ4v) is 1.06. The molecule has 11 heavy (non-hydrogen) atoms. The van der Waals surface area contributed by atoms with Gasteiger partial charge in [0, 0.05) is 6.42 Å². The van der Waals surface area contributed by atoms with Crippen LogP contribution in [0.2, 0.25) is 5.28 Å². The van der Waals surface area contributed by atoms with Crippen LogP contribution in [0.4, 0.5) is 0 Å². The molecule has 1 heterocycles. The largest absolute Gasteiger partial charge is 0.225 e. The highest BCUT2D eigenvalue weighted by Gasteiger charge is 1.99. The number of halogens is 1. The van der Waals surface area contributed by atoms with E-state index < -0.39 is 0 Å². The summed E-state index contributed by atoms with van der Waals surface area (Å²) in [4.78, 5) is 11.9. The molecule has 1 aromatic heterocycles. The van der Waals surface area contributed by atoms with Crippen LogP contribution in [0.5, 0.6) is 0 Å². The van der Waals surface area contributed by atoms with Crippen LogP contribution in [0.1, 0.15) is 25.0 Å². The summed E-state index contributed by atoms with van der Waals surface area (Å²) >= 11 is 5.62. The van der Waals surface area contributed by atoms with Gasteiger partial charge in [-0.2, -0.15) is 0 Å². The second-order valence-corrected chi connectivity index (χ2v) is 2.66. The minimum absolute atomic E-state index is 0.293. The lowest BCUT2D eigenvalue weighted by Gasteiger charge is -1.97. The molecule has 0 saturated heterocycles. The van der Waals surface area contributed by atoms with Crippen LogP contribution in [0.25, 0.3) is 0 Å². The molecule has 60 valence electrons. The summed E-state index contributed by atoms with van der Waals surface area (Å²) in [5.41, 5.74) is 0. The van der Waals surface area contributed by atoms with Gasteiger partial charge in [0.05, 0.1) is 0 Å². The van der Waals surface area contributed by atoms with E-state index in [0.29, 0.717) is 11.1 Å². The molecule has 0 unspecified atom stereocenters. The second kappa shape index (κ2) is 3.62. The van der Waals surface area contributed by atoms with Crippen molar-refractivity contribution in [1.82, 2.24) is 15.0 Å². The number of rotatable bonds is 2. The monoisotopic (exact) mass is 171 g/mol. The summed E-state index contributed by atoms with van der Waals surface area (Å²) in [5, 5.41) is 0.293. The van der Waals surface area contributed by atoms with Crippen molar-refractivity contribution >= 4 is 11.6 Å². The topological polar surface area (TPSA) is 38.7 Å². The van der Waals surface area contributed by atoms with Crippen molar-refractivity contribution in [3.63, 3.8) is 0 Å². The predicted molar refractivity (Wildman–Crippen MR) is 43.6 cm³/mol. The lowest BCUT2D eigenvalue weighted by molar-refractivity contribution is 0.799. The molecule has 0 spiro atoms. The van der Waals surface area contributed by atoms with E-state index in [4.69, 9.17) is 11.6 Å². The van der Waals surface area contributed by atoms with E-state index in [1.54, 1.807) is 0 Å². The lowest BCUT2D eigenvalue weighted by atomic mass is 10.3. The van der Waals surface area contributed by atoms with Gasteiger partial charge in [-0.25, -0.2) is 15.0 Å². The van der Waals surface area contributed by atoms with Crippen molar-refractivity contribution in [3.05, 3.63) is 16.9 Å². The van der Waals surface area contributed by atoms with E-state index in [2.05, 4.69) is 21.9 Å².